The fourth-order valence-electron chi connectivity index (χ4n) is 4.13. The molecule has 1 aliphatic rings. The van der Waals surface area contributed by atoms with Crippen LogP contribution in [-0.4, -0.2) is 24.0 Å². The molecule has 0 bridgehead atoms. The molecule has 1 aliphatic heterocycles. The van der Waals surface area contributed by atoms with Crippen LogP contribution in [-0.2, 0) is 16.0 Å². The van der Waals surface area contributed by atoms with E-state index in [9.17, 15) is 14.9 Å². The third-order valence-electron chi connectivity index (χ3n) is 5.71. The summed E-state index contributed by atoms with van der Waals surface area (Å²) >= 11 is 17.2. The van der Waals surface area contributed by atoms with Crippen LogP contribution in [0.4, 0.5) is 5.69 Å². The van der Waals surface area contributed by atoms with Crippen LogP contribution in [0.15, 0.2) is 59.1 Å². The molecular formula is C25H20Cl2N4O3S. The summed E-state index contributed by atoms with van der Waals surface area (Å²) in [6.45, 7) is 1.74. The minimum Gasteiger partial charge on any atom is -0.465 e. The van der Waals surface area contributed by atoms with Crippen LogP contribution in [0.1, 0.15) is 39.0 Å². The van der Waals surface area contributed by atoms with E-state index in [-0.39, 0.29) is 17.0 Å². The molecule has 2 aromatic carbocycles. The zero-order chi connectivity index (χ0) is 25.3. The number of hydrogen-bond acceptors (Lipinski definition) is 6. The smallest absolute Gasteiger partial charge is 0.339 e. The largest absolute Gasteiger partial charge is 0.465 e. The predicted octanol–water partition coefficient (Wildman–Crippen LogP) is 5.31. The first-order valence-corrected chi connectivity index (χ1v) is 11.7. The highest BCUT2D eigenvalue weighted by Gasteiger charge is 2.37. The van der Waals surface area contributed by atoms with Crippen LogP contribution < -0.4 is 10.2 Å². The Morgan fingerprint density at radius 3 is 2.60 bits per heavy atom. The molecular weight excluding hydrogens is 507 g/mol. The van der Waals surface area contributed by atoms with Gasteiger partial charge in [0.05, 0.1) is 23.4 Å². The number of aryl methyl sites for hydroxylation is 1. The Morgan fingerprint density at radius 2 is 1.94 bits per heavy atom. The minimum atomic E-state index is -0.806. The van der Waals surface area contributed by atoms with E-state index in [0.717, 1.165) is 0 Å². The van der Waals surface area contributed by atoms with E-state index in [1.54, 1.807) is 30.0 Å². The number of H-pyrrole nitrogens is 1. The third-order valence-corrected chi connectivity index (χ3v) is 6.76. The summed E-state index contributed by atoms with van der Waals surface area (Å²) in [4.78, 5) is 30.6. The SMILES string of the molecule is COC(=O)c1c(C)[nH]c([C@@H]2NC(=O)C(C#N)=C(S)N2c2ccccc2)c1Cc1cc(Cl)ccc1Cl. The first kappa shape index (κ1) is 24.7. The van der Waals surface area contributed by atoms with E-state index in [2.05, 4.69) is 22.9 Å². The van der Waals surface area contributed by atoms with Crippen molar-refractivity contribution in [1.29, 1.82) is 5.26 Å². The van der Waals surface area contributed by atoms with Gasteiger partial charge in [0, 0.05) is 27.8 Å². The maximum Gasteiger partial charge on any atom is 0.339 e. The molecule has 7 nitrogen and oxygen atoms in total. The highest BCUT2D eigenvalue weighted by Crippen LogP contribution is 2.39. The van der Waals surface area contributed by atoms with E-state index < -0.39 is 18.0 Å². The molecule has 10 heteroatoms. The molecule has 1 amide bonds. The van der Waals surface area contributed by atoms with Gasteiger partial charge in [-0.2, -0.15) is 5.26 Å². The molecule has 0 radical (unpaired) electrons. The normalized spacial score (nSPS) is 15.6. The number of ether oxygens (including phenoxy) is 1. The number of nitrogens with zero attached hydrogens (tertiary/aromatic N) is 2. The highest BCUT2D eigenvalue weighted by molar-refractivity contribution is 7.84. The molecule has 35 heavy (non-hydrogen) atoms. The maximum absolute atomic E-state index is 12.8. The lowest BCUT2D eigenvalue weighted by atomic mass is 9.98. The van der Waals surface area contributed by atoms with Crippen molar-refractivity contribution >= 4 is 53.4 Å². The van der Waals surface area contributed by atoms with Gasteiger partial charge >= 0.3 is 5.97 Å². The number of anilines is 1. The molecule has 1 aromatic heterocycles. The number of thiol groups is 1. The number of hydrogen-bond donors (Lipinski definition) is 3. The number of rotatable bonds is 5. The van der Waals surface area contributed by atoms with Crippen molar-refractivity contribution in [2.45, 2.75) is 19.5 Å². The topological polar surface area (TPSA) is 98.2 Å². The van der Waals surface area contributed by atoms with E-state index >= 15 is 0 Å². The number of benzene rings is 2. The molecule has 2 N–H and O–H groups in total. The van der Waals surface area contributed by atoms with Gasteiger partial charge in [-0.1, -0.05) is 41.4 Å². The van der Waals surface area contributed by atoms with Crippen molar-refractivity contribution < 1.29 is 14.3 Å². The van der Waals surface area contributed by atoms with Gasteiger partial charge in [-0.05, 0) is 48.4 Å². The van der Waals surface area contributed by atoms with Crippen molar-refractivity contribution in [2.24, 2.45) is 0 Å². The maximum atomic E-state index is 12.8. The van der Waals surface area contributed by atoms with Crippen molar-refractivity contribution in [1.82, 2.24) is 10.3 Å². The molecule has 1 atom stereocenters. The third kappa shape index (κ3) is 4.63. The average molecular weight is 527 g/mol. The van der Waals surface area contributed by atoms with Gasteiger partial charge < -0.3 is 19.9 Å². The summed E-state index contributed by atoms with van der Waals surface area (Å²) in [5.41, 5.74) is 3.25. The summed E-state index contributed by atoms with van der Waals surface area (Å²) in [6.07, 6.45) is -0.575. The quantitative estimate of drug-likeness (QED) is 0.309. The number of esters is 1. The van der Waals surface area contributed by atoms with Gasteiger partial charge in [0.1, 0.15) is 17.8 Å². The van der Waals surface area contributed by atoms with Crippen LogP contribution in [0.2, 0.25) is 10.0 Å². The second-order valence-electron chi connectivity index (χ2n) is 7.81. The summed E-state index contributed by atoms with van der Waals surface area (Å²) < 4.78 is 5.05. The summed E-state index contributed by atoms with van der Waals surface area (Å²) in [5.74, 6) is -1.11. The lowest BCUT2D eigenvalue weighted by molar-refractivity contribution is -0.118. The molecule has 0 unspecified atom stereocenters. The molecule has 0 saturated heterocycles. The van der Waals surface area contributed by atoms with Gasteiger partial charge in [-0.25, -0.2) is 4.79 Å². The summed E-state index contributed by atoms with van der Waals surface area (Å²) in [7, 11) is 1.30. The number of aromatic amines is 1. The van der Waals surface area contributed by atoms with Gasteiger partial charge in [0.25, 0.3) is 5.91 Å². The molecule has 2 heterocycles. The second-order valence-corrected chi connectivity index (χ2v) is 9.08. The summed E-state index contributed by atoms with van der Waals surface area (Å²) in [5, 5.41) is 13.6. The Labute approximate surface area is 217 Å². The Morgan fingerprint density at radius 1 is 1.23 bits per heavy atom. The van der Waals surface area contributed by atoms with Gasteiger partial charge in [-0.15, -0.1) is 12.6 Å². The summed E-state index contributed by atoms with van der Waals surface area (Å²) in [6, 6.07) is 16.2. The molecule has 0 aliphatic carbocycles. The minimum absolute atomic E-state index is 0.121. The van der Waals surface area contributed by atoms with E-state index in [1.165, 1.54) is 7.11 Å². The van der Waals surface area contributed by atoms with Gasteiger partial charge in [-0.3, -0.25) is 4.79 Å². The Hall–Kier alpha value is -3.38. The fraction of sp³-hybridized carbons (Fsp3) is 0.160. The zero-order valence-corrected chi connectivity index (χ0v) is 21.1. The molecule has 0 fully saturated rings. The lowest BCUT2D eigenvalue weighted by Gasteiger charge is -2.37. The van der Waals surface area contributed by atoms with Gasteiger partial charge in [0.2, 0.25) is 0 Å². The second kappa shape index (κ2) is 10.1. The lowest BCUT2D eigenvalue weighted by Crippen LogP contribution is -2.46. The number of methoxy groups -OCH3 is 1. The first-order valence-electron chi connectivity index (χ1n) is 10.5. The Balaban J connectivity index is 1.95. The number of carbonyl (C=O) groups excluding carboxylic acids is 2. The molecule has 178 valence electrons. The van der Waals surface area contributed by atoms with Crippen molar-refractivity contribution in [3.63, 3.8) is 0 Å². The Bertz CT molecular complexity index is 1400. The molecule has 0 saturated carbocycles. The molecule has 4 rings (SSSR count). The number of para-hydroxylation sites is 1. The van der Waals surface area contributed by atoms with Crippen LogP contribution in [0.25, 0.3) is 0 Å². The van der Waals surface area contributed by atoms with Crippen molar-refractivity contribution in [3.8, 4) is 6.07 Å². The average Bonchev–Trinajstić information content (AvgIpc) is 3.16. The Kier molecular flexibility index (Phi) is 7.13. The van der Waals surface area contributed by atoms with Crippen LogP contribution in [0.5, 0.6) is 0 Å². The number of halogens is 2. The standard InChI is InChI=1S/C25H20Cl2N4O3S/c1-13-20(25(33)34-2)17(11-14-10-15(26)8-9-19(14)27)21(29-13)22-30-23(32)18(12-28)24(35)31(22)16-6-4-3-5-7-16/h3-10,22,29,35H,11H2,1-2H3,(H,30,32)/t22-/m1/s1. The molecule has 0 spiro atoms. The number of nitrogens with one attached hydrogen (secondary N) is 2. The van der Waals surface area contributed by atoms with Gasteiger partial charge in [0.15, 0.2) is 0 Å². The number of aromatic nitrogens is 1. The number of amides is 1. The van der Waals surface area contributed by atoms with Crippen molar-refractivity contribution in [3.05, 3.63) is 97.3 Å². The van der Waals surface area contributed by atoms with E-state index in [0.29, 0.717) is 43.8 Å². The van der Waals surface area contributed by atoms with Crippen LogP contribution in [0, 0.1) is 18.3 Å². The number of nitriles is 1. The van der Waals surface area contributed by atoms with E-state index in [4.69, 9.17) is 27.9 Å². The van der Waals surface area contributed by atoms with E-state index in [1.807, 2.05) is 36.4 Å². The first-order chi connectivity index (χ1) is 16.8. The van der Waals surface area contributed by atoms with Crippen LogP contribution >= 0.6 is 35.8 Å². The van der Waals surface area contributed by atoms with Crippen molar-refractivity contribution in [2.75, 3.05) is 12.0 Å². The fourth-order valence-corrected chi connectivity index (χ4v) is 4.89. The molecule has 3 aromatic rings. The monoisotopic (exact) mass is 526 g/mol. The number of carbonyl (C=O) groups is 2. The van der Waals surface area contributed by atoms with Crippen LogP contribution in [0.3, 0.4) is 0 Å². The zero-order valence-electron chi connectivity index (χ0n) is 18.7. The predicted molar refractivity (Wildman–Crippen MR) is 138 cm³/mol. The highest BCUT2D eigenvalue weighted by atomic mass is 35.5.